The third-order valence-electron chi connectivity index (χ3n) is 2.75. The number of carboxylic acids is 1. The van der Waals surface area contributed by atoms with Crippen molar-refractivity contribution >= 4 is 11.7 Å². The molecular formula is C13H16N4O3. The van der Waals surface area contributed by atoms with Crippen LogP contribution < -0.4 is 10.5 Å². The van der Waals surface area contributed by atoms with Crippen LogP contribution in [0.15, 0.2) is 24.5 Å². The summed E-state index contributed by atoms with van der Waals surface area (Å²) in [5.41, 5.74) is 6.08. The Morgan fingerprint density at radius 2 is 2.30 bits per heavy atom. The van der Waals surface area contributed by atoms with Crippen LogP contribution in [0.25, 0.3) is 0 Å². The largest absolute Gasteiger partial charge is 0.483 e. The van der Waals surface area contributed by atoms with E-state index < -0.39 is 5.97 Å². The van der Waals surface area contributed by atoms with E-state index >= 15 is 0 Å². The van der Waals surface area contributed by atoms with E-state index in [1.807, 2.05) is 6.92 Å². The summed E-state index contributed by atoms with van der Waals surface area (Å²) in [4.78, 5) is 15.2. The molecule has 2 rings (SSSR count). The number of hydrogen-bond acceptors (Lipinski definition) is 5. The van der Waals surface area contributed by atoms with Gasteiger partial charge in [0.25, 0.3) is 0 Å². The summed E-state index contributed by atoms with van der Waals surface area (Å²) in [6, 6.07) is 4.62. The van der Waals surface area contributed by atoms with Crippen molar-refractivity contribution in [3.05, 3.63) is 35.9 Å². The molecule has 1 aromatic heterocycles. The second-order valence-electron chi connectivity index (χ2n) is 4.22. The van der Waals surface area contributed by atoms with E-state index in [4.69, 9.17) is 15.6 Å². The summed E-state index contributed by atoms with van der Waals surface area (Å²) in [6.07, 6.45) is 2.37. The van der Waals surface area contributed by atoms with Gasteiger partial charge in [0.1, 0.15) is 18.5 Å². The number of carbonyl (C=O) groups is 1. The van der Waals surface area contributed by atoms with Crippen molar-refractivity contribution in [2.75, 3.05) is 5.73 Å². The zero-order chi connectivity index (χ0) is 14.5. The van der Waals surface area contributed by atoms with Crippen LogP contribution in [0.1, 0.15) is 29.5 Å². The van der Waals surface area contributed by atoms with Crippen LogP contribution in [-0.4, -0.2) is 25.8 Å². The van der Waals surface area contributed by atoms with E-state index in [1.165, 1.54) is 12.4 Å². The average molecular weight is 276 g/mol. The first kappa shape index (κ1) is 13.9. The number of aryl methyl sites for hydroxylation is 1. The minimum Gasteiger partial charge on any atom is -0.483 e. The van der Waals surface area contributed by atoms with Crippen molar-refractivity contribution in [1.29, 1.82) is 0 Å². The molecule has 0 aliphatic rings. The molecule has 0 aliphatic heterocycles. The number of nitrogen functional groups attached to an aromatic ring is 1. The van der Waals surface area contributed by atoms with E-state index in [1.54, 1.807) is 16.8 Å². The molecule has 2 aromatic rings. The molecule has 0 radical (unpaired) electrons. The first-order valence-corrected chi connectivity index (χ1v) is 6.24. The lowest BCUT2D eigenvalue weighted by Gasteiger charge is -2.11. The van der Waals surface area contributed by atoms with Crippen molar-refractivity contribution in [2.45, 2.75) is 26.5 Å². The maximum Gasteiger partial charge on any atom is 0.339 e. The normalized spacial score (nSPS) is 10.4. The third-order valence-corrected chi connectivity index (χ3v) is 2.75. The highest BCUT2D eigenvalue weighted by Crippen LogP contribution is 2.27. The molecule has 0 fully saturated rings. The highest BCUT2D eigenvalue weighted by Gasteiger charge is 2.15. The molecule has 0 unspecified atom stereocenters. The molecule has 0 aliphatic carbocycles. The van der Waals surface area contributed by atoms with Crippen LogP contribution in [0, 0.1) is 0 Å². The molecule has 1 aromatic carbocycles. The van der Waals surface area contributed by atoms with Crippen LogP contribution >= 0.6 is 0 Å². The zero-order valence-electron chi connectivity index (χ0n) is 11.1. The first-order valence-electron chi connectivity index (χ1n) is 6.24. The average Bonchev–Trinajstić information content (AvgIpc) is 2.85. The molecule has 0 saturated heterocycles. The third kappa shape index (κ3) is 2.87. The minimum absolute atomic E-state index is 0.0338. The molecule has 20 heavy (non-hydrogen) atoms. The fourth-order valence-corrected chi connectivity index (χ4v) is 1.82. The lowest BCUT2D eigenvalue weighted by atomic mass is 10.2. The minimum atomic E-state index is -1.08. The SMILES string of the molecule is CCCn1ncnc1COc1c(N)cccc1C(=O)O. The second-order valence-corrected chi connectivity index (χ2v) is 4.22. The fourth-order valence-electron chi connectivity index (χ4n) is 1.82. The maximum atomic E-state index is 11.1. The lowest BCUT2D eigenvalue weighted by Crippen LogP contribution is -2.11. The number of para-hydroxylation sites is 1. The maximum absolute atomic E-state index is 11.1. The van der Waals surface area contributed by atoms with E-state index in [9.17, 15) is 4.79 Å². The molecule has 1 heterocycles. The Balaban J connectivity index is 2.18. The molecular weight excluding hydrogens is 260 g/mol. The highest BCUT2D eigenvalue weighted by molar-refractivity contribution is 5.93. The Bertz CT molecular complexity index is 609. The number of aromatic carboxylic acids is 1. The Morgan fingerprint density at radius 3 is 3.00 bits per heavy atom. The number of aromatic nitrogens is 3. The molecule has 0 saturated carbocycles. The van der Waals surface area contributed by atoms with E-state index in [0.717, 1.165) is 13.0 Å². The van der Waals surface area contributed by atoms with Crippen LogP contribution in [0.3, 0.4) is 0 Å². The van der Waals surface area contributed by atoms with E-state index in [2.05, 4.69) is 10.1 Å². The van der Waals surface area contributed by atoms with Crippen LogP contribution in [0.5, 0.6) is 5.75 Å². The number of carboxylic acid groups (broad SMARTS) is 1. The summed E-state index contributed by atoms with van der Waals surface area (Å²) in [6.45, 7) is 2.88. The summed E-state index contributed by atoms with van der Waals surface area (Å²) in [5, 5.41) is 13.2. The van der Waals surface area contributed by atoms with Gasteiger partial charge in [-0.05, 0) is 18.6 Å². The van der Waals surface area contributed by atoms with E-state index in [-0.39, 0.29) is 23.6 Å². The topological polar surface area (TPSA) is 103 Å². The number of hydrogen-bond donors (Lipinski definition) is 2. The lowest BCUT2D eigenvalue weighted by molar-refractivity contribution is 0.0691. The monoisotopic (exact) mass is 276 g/mol. The van der Waals surface area contributed by atoms with Gasteiger partial charge in [-0.1, -0.05) is 13.0 Å². The quantitative estimate of drug-likeness (QED) is 0.776. The molecule has 0 atom stereocenters. The molecule has 7 nitrogen and oxygen atoms in total. The van der Waals surface area contributed by atoms with Gasteiger partial charge in [0.2, 0.25) is 0 Å². The summed E-state index contributed by atoms with van der Waals surface area (Å²) in [7, 11) is 0. The number of nitrogens with two attached hydrogens (primary N) is 1. The predicted molar refractivity (Wildman–Crippen MR) is 72.5 cm³/mol. The van der Waals surface area contributed by atoms with Crippen molar-refractivity contribution in [2.24, 2.45) is 0 Å². The number of nitrogens with zero attached hydrogens (tertiary/aromatic N) is 3. The van der Waals surface area contributed by atoms with Gasteiger partial charge in [-0.3, -0.25) is 0 Å². The molecule has 0 amide bonds. The van der Waals surface area contributed by atoms with Crippen molar-refractivity contribution in [3.8, 4) is 5.75 Å². The smallest absolute Gasteiger partial charge is 0.339 e. The number of rotatable bonds is 6. The number of ether oxygens (including phenoxy) is 1. The van der Waals surface area contributed by atoms with Crippen molar-refractivity contribution in [1.82, 2.24) is 14.8 Å². The van der Waals surface area contributed by atoms with Gasteiger partial charge in [-0.15, -0.1) is 0 Å². The summed E-state index contributed by atoms with van der Waals surface area (Å²) in [5.74, 6) is -0.292. The van der Waals surface area contributed by atoms with Gasteiger partial charge < -0.3 is 15.6 Å². The number of benzene rings is 1. The Morgan fingerprint density at radius 1 is 1.50 bits per heavy atom. The fraction of sp³-hybridized carbons (Fsp3) is 0.308. The molecule has 3 N–H and O–H groups in total. The van der Waals surface area contributed by atoms with Gasteiger partial charge in [-0.25, -0.2) is 14.5 Å². The van der Waals surface area contributed by atoms with Gasteiger partial charge in [0.05, 0.1) is 5.69 Å². The Hall–Kier alpha value is -2.57. The summed E-state index contributed by atoms with van der Waals surface area (Å²) >= 11 is 0. The molecule has 7 heteroatoms. The Kier molecular flexibility index (Phi) is 4.19. The van der Waals surface area contributed by atoms with Gasteiger partial charge in [0, 0.05) is 6.54 Å². The molecule has 0 bridgehead atoms. The zero-order valence-corrected chi connectivity index (χ0v) is 11.1. The van der Waals surface area contributed by atoms with Crippen LogP contribution in [0.2, 0.25) is 0 Å². The van der Waals surface area contributed by atoms with Crippen molar-refractivity contribution < 1.29 is 14.6 Å². The Labute approximate surface area is 116 Å². The highest BCUT2D eigenvalue weighted by atomic mass is 16.5. The van der Waals surface area contributed by atoms with Crippen molar-refractivity contribution in [3.63, 3.8) is 0 Å². The first-order chi connectivity index (χ1) is 9.63. The van der Waals surface area contributed by atoms with Crippen LogP contribution in [-0.2, 0) is 13.2 Å². The molecule has 0 spiro atoms. The van der Waals surface area contributed by atoms with Gasteiger partial charge >= 0.3 is 5.97 Å². The van der Waals surface area contributed by atoms with Gasteiger partial charge in [-0.2, -0.15) is 5.10 Å². The predicted octanol–water partition coefficient (Wildman–Crippen LogP) is 1.55. The molecule has 106 valence electrons. The number of anilines is 1. The van der Waals surface area contributed by atoms with E-state index in [0.29, 0.717) is 5.82 Å². The standard InChI is InChI=1S/C13H16N4O3/c1-2-6-17-11(15-8-16-17)7-20-12-9(13(18)19)4-3-5-10(12)14/h3-5,8H,2,6-7,14H2,1H3,(H,18,19). The van der Waals surface area contributed by atoms with Gasteiger partial charge in [0.15, 0.2) is 11.6 Å². The summed E-state index contributed by atoms with van der Waals surface area (Å²) < 4.78 is 7.25. The van der Waals surface area contributed by atoms with Crippen LogP contribution in [0.4, 0.5) is 5.69 Å². The second kappa shape index (κ2) is 6.05.